The molecule has 0 amide bonds. The summed E-state index contributed by atoms with van der Waals surface area (Å²) in [6, 6.07) is 0. The average Bonchev–Trinajstić information content (AvgIpc) is 3.60. The van der Waals surface area contributed by atoms with Crippen LogP contribution < -0.4 is 0 Å². The third-order valence-corrected chi connectivity index (χ3v) is 18.0. The third kappa shape index (κ3) is 64.6. The first kappa shape index (κ1) is 87.1. The van der Waals surface area contributed by atoms with Crippen molar-refractivity contribution in [2.24, 2.45) is 23.7 Å². The van der Waals surface area contributed by atoms with E-state index in [0.29, 0.717) is 37.5 Å². The monoisotopic (exact) mass is 1310 g/mol. The Morgan fingerprint density at radius 2 is 0.472 bits per heavy atom. The largest absolute Gasteiger partial charge is 0.472 e. The van der Waals surface area contributed by atoms with Crippen molar-refractivity contribution >= 4 is 39.5 Å². The summed E-state index contributed by atoms with van der Waals surface area (Å²) in [7, 11) is -9.90. The Labute approximate surface area is 543 Å². The van der Waals surface area contributed by atoms with Crippen molar-refractivity contribution in [1.29, 1.82) is 0 Å². The fraction of sp³-hybridized carbons (Fsp3) is 0.943. The lowest BCUT2D eigenvalue weighted by molar-refractivity contribution is -0.161. The van der Waals surface area contributed by atoms with Gasteiger partial charge >= 0.3 is 39.5 Å². The minimum absolute atomic E-state index is 0.103. The van der Waals surface area contributed by atoms with Crippen LogP contribution in [0.4, 0.5) is 0 Å². The molecule has 0 rings (SSSR count). The zero-order chi connectivity index (χ0) is 66.1. The number of hydrogen-bond donors (Lipinski definition) is 3. The Kier molecular flexibility index (Phi) is 58.5. The molecule has 0 aliphatic heterocycles. The number of rotatable bonds is 67. The zero-order valence-electron chi connectivity index (χ0n) is 58.1. The fourth-order valence-electron chi connectivity index (χ4n) is 10.5. The molecule has 0 aromatic carbocycles. The summed E-state index contributed by atoms with van der Waals surface area (Å²) in [6.45, 7) is 14.0. The van der Waals surface area contributed by atoms with Crippen LogP contribution >= 0.6 is 15.6 Å². The van der Waals surface area contributed by atoms with E-state index in [4.69, 9.17) is 37.0 Å². The van der Waals surface area contributed by atoms with E-state index in [0.717, 1.165) is 108 Å². The smallest absolute Gasteiger partial charge is 0.462 e. The van der Waals surface area contributed by atoms with Gasteiger partial charge in [0, 0.05) is 25.7 Å². The standard InChI is InChI=1S/C70H136O17P2/c1-60(2)46-38-30-22-16-14-12-10-9-11-13-15-17-26-34-42-50-67(72)80-56-66(87-70(75)53-45-37-29-21-25-33-41-49-63(7)8)59-85-89(78,79)83-55-64(71)54-82-88(76,77)84-58-65(57-81-68(73)51-43-35-28-20-24-32-40-48-62(5)6)86-69(74)52-44-36-27-19-18-23-31-39-47-61(3)4/h60-66,71H,9-59H2,1-8H3,(H,76,77)(H,78,79)/t64?,65-,66-/m1/s1. The number of carbonyl (C=O) groups excluding carboxylic acids is 4. The first-order valence-corrected chi connectivity index (χ1v) is 39.2. The van der Waals surface area contributed by atoms with Crippen LogP contribution in [0.2, 0.25) is 0 Å². The molecule has 0 aromatic heterocycles. The maximum absolute atomic E-state index is 13.0. The summed E-state index contributed by atoms with van der Waals surface area (Å²) in [4.78, 5) is 72.4. The Hall–Kier alpha value is -1.94. The highest BCUT2D eigenvalue weighted by Crippen LogP contribution is 2.45. The Balaban J connectivity index is 5.18. The molecular weight excluding hydrogens is 1170 g/mol. The number of aliphatic hydroxyl groups excluding tert-OH is 1. The number of ether oxygens (including phenoxy) is 4. The number of unbranched alkanes of at least 4 members (excludes halogenated alkanes) is 33. The van der Waals surface area contributed by atoms with Gasteiger partial charge < -0.3 is 33.8 Å². The fourth-order valence-corrected chi connectivity index (χ4v) is 12.1. The molecule has 0 saturated carbocycles. The quantitative estimate of drug-likeness (QED) is 0.0222. The molecule has 17 nitrogen and oxygen atoms in total. The number of carbonyl (C=O) groups is 4. The highest BCUT2D eigenvalue weighted by atomic mass is 31.2. The summed E-state index contributed by atoms with van der Waals surface area (Å²) < 4.78 is 68.2. The maximum Gasteiger partial charge on any atom is 0.472 e. The second-order valence-corrected chi connectivity index (χ2v) is 30.1. The SMILES string of the molecule is CC(C)CCCCCCCCCCCCCCCCCC(=O)OC[C@H](COP(=O)(O)OCC(O)COP(=O)(O)OC[C@@H](COC(=O)CCCCCCCCCC(C)C)OC(=O)CCCCCCCCCCC(C)C)OC(=O)CCCCCCCCCC(C)C. The normalized spacial score (nSPS) is 14.3. The van der Waals surface area contributed by atoms with E-state index in [1.165, 1.54) is 141 Å². The highest BCUT2D eigenvalue weighted by Gasteiger charge is 2.30. The molecule has 0 saturated heterocycles. The van der Waals surface area contributed by atoms with Crippen molar-refractivity contribution in [3.63, 3.8) is 0 Å². The number of esters is 4. The van der Waals surface area contributed by atoms with Crippen LogP contribution in [0.3, 0.4) is 0 Å². The van der Waals surface area contributed by atoms with Crippen molar-refractivity contribution in [1.82, 2.24) is 0 Å². The Morgan fingerprint density at radius 1 is 0.281 bits per heavy atom. The molecule has 0 radical (unpaired) electrons. The van der Waals surface area contributed by atoms with Crippen LogP contribution in [0.25, 0.3) is 0 Å². The van der Waals surface area contributed by atoms with Gasteiger partial charge in [-0.1, -0.05) is 293 Å². The summed E-state index contributed by atoms with van der Waals surface area (Å²) in [5, 5.41) is 10.6. The third-order valence-electron chi connectivity index (χ3n) is 16.1. The summed E-state index contributed by atoms with van der Waals surface area (Å²) >= 11 is 0. The van der Waals surface area contributed by atoms with Crippen LogP contribution in [0.5, 0.6) is 0 Å². The zero-order valence-corrected chi connectivity index (χ0v) is 59.8. The van der Waals surface area contributed by atoms with Crippen molar-refractivity contribution in [3.05, 3.63) is 0 Å². The topological polar surface area (TPSA) is 237 Å². The lowest BCUT2D eigenvalue weighted by atomic mass is 10.0. The van der Waals surface area contributed by atoms with E-state index in [9.17, 15) is 43.2 Å². The molecule has 0 heterocycles. The van der Waals surface area contributed by atoms with Gasteiger partial charge in [0.2, 0.25) is 0 Å². The first-order chi connectivity index (χ1) is 42.6. The minimum atomic E-state index is -4.95. The van der Waals surface area contributed by atoms with E-state index >= 15 is 0 Å². The van der Waals surface area contributed by atoms with Crippen LogP contribution in [0.1, 0.15) is 344 Å². The molecule has 0 aliphatic carbocycles. The van der Waals surface area contributed by atoms with E-state index in [-0.39, 0.29) is 25.7 Å². The van der Waals surface area contributed by atoms with Crippen LogP contribution in [-0.4, -0.2) is 96.7 Å². The van der Waals surface area contributed by atoms with Gasteiger partial charge in [0.1, 0.15) is 19.3 Å². The van der Waals surface area contributed by atoms with Gasteiger partial charge in [-0.15, -0.1) is 0 Å². The van der Waals surface area contributed by atoms with Gasteiger partial charge in [0.15, 0.2) is 12.2 Å². The van der Waals surface area contributed by atoms with Gasteiger partial charge in [-0.25, -0.2) is 9.13 Å². The van der Waals surface area contributed by atoms with Gasteiger partial charge in [-0.05, 0) is 49.4 Å². The minimum Gasteiger partial charge on any atom is -0.462 e. The Morgan fingerprint density at radius 3 is 0.697 bits per heavy atom. The molecule has 0 bridgehead atoms. The van der Waals surface area contributed by atoms with Gasteiger partial charge in [-0.2, -0.15) is 0 Å². The lowest BCUT2D eigenvalue weighted by Crippen LogP contribution is -2.30. The molecular formula is C70H136O17P2. The predicted octanol–water partition coefficient (Wildman–Crippen LogP) is 19.7. The molecule has 3 N–H and O–H groups in total. The highest BCUT2D eigenvalue weighted by molar-refractivity contribution is 7.47. The number of aliphatic hydroxyl groups is 1. The molecule has 89 heavy (non-hydrogen) atoms. The molecule has 19 heteroatoms. The average molecular weight is 1310 g/mol. The van der Waals surface area contributed by atoms with E-state index in [1.54, 1.807) is 0 Å². The molecule has 0 fully saturated rings. The second-order valence-electron chi connectivity index (χ2n) is 27.2. The van der Waals surface area contributed by atoms with Crippen molar-refractivity contribution < 1.29 is 80.2 Å². The van der Waals surface area contributed by atoms with Gasteiger partial charge in [0.05, 0.1) is 26.4 Å². The van der Waals surface area contributed by atoms with E-state index in [1.807, 2.05) is 0 Å². The molecule has 0 aliphatic rings. The molecule has 528 valence electrons. The van der Waals surface area contributed by atoms with Gasteiger partial charge in [0.25, 0.3) is 0 Å². The van der Waals surface area contributed by atoms with E-state index < -0.39 is 97.5 Å². The van der Waals surface area contributed by atoms with Crippen molar-refractivity contribution in [3.8, 4) is 0 Å². The molecule has 0 spiro atoms. The molecule has 5 atom stereocenters. The number of phosphoric ester groups is 2. The first-order valence-electron chi connectivity index (χ1n) is 36.2. The van der Waals surface area contributed by atoms with Gasteiger partial charge in [-0.3, -0.25) is 37.3 Å². The maximum atomic E-state index is 13.0. The van der Waals surface area contributed by atoms with Crippen LogP contribution in [-0.2, 0) is 65.4 Å². The van der Waals surface area contributed by atoms with Crippen molar-refractivity contribution in [2.75, 3.05) is 39.6 Å². The Bertz CT molecular complexity index is 1760. The summed E-state index contributed by atoms with van der Waals surface area (Å²) in [6.07, 6.45) is 42.0. The lowest BCUT2D eigenvalue weighted by Gasteiger charge is -2.21. The van der Waals surface area contributed by atoms with Crippen molar-refractivity contribution in [2.45, 2.75) is 363 Å². The predicted molar refractivity (Wildman–Crippen MR) is 358 cm³/mol. The van der Waals surface area contributed by atoms with E-state index in [2.05, 4.69) is 55.4 Å². The van der Waals surface area contributed by atoms with Crippen LogP contribution in [0, 0.1) is 23.7 Å². The summed E-state index contributed by atoms with van der Waals surface area (Å²) in [5.74, 6) is 0.791. The molecule has 3 unspecified atom stereocenters. The number of phosphoric acid groups is 2. The second kappa shape index (κ2) is 59.8. The van der Waals surface area contributed by atoms with Crippen LogP contribution in [0.15, 0.2) is 0 Å². The number of hydrogen-bond acceptors (Lipinski definition) is 15. The summed E-state index contributed by atoms with van der Waals surface area (Å²) in [5.41, 5.74) is 0. The molecule has 0 aromatic rings.